The molecular formula is C25H29N5S. The Morgan fingerprint density at radius 3 is 1.94 bits per heavy atom. The zero-order valence-electron chi connectivity index (χ0n) is 17.7. The minimum absolute atomic E-state index is 0.338. The molecule has 2 aromatic rings. The number of benzene rings is 2. The number of nitrogens with one attached hydrogen (secondary N) is 2. The van der Waals surface area contributed by atoms with Gasteiger partial charge in [-0.1, -0.05) is 79.5 Å². The summed E-state index contributed by atoms with van der Waals surface area (Å²) in [5.41, 5.74) is 9.80. The first kappa shape index (κ1) is 22.6. The van der Waals surface area contributed by atoms with E-state index >= 15 is 0 Å². The zero-order valence-corrected chi connectivity index (χ0v) is 18.5. The van der Waals surface area contributed by atoms with Gasteiger partial charge in [0.25, 0.3) is 0 Å². The van der Waals surface area contributed by atoms with E-state index in [-0.39, 0.29) is 0 Å². The fourth-order valence-corrected chi connectivity index (χ4v) is 4.09. The van der Waals surface area contributed by atoms with Crippen molar-refractivity contribution in [2.24, 2.45) is 5.73 Å². The van der Waals surface area contributed by atoms with Gasteiger partial charge in [-0.2, -0.15) is 0 Å². The Morgan fingerprint density at radius 2 is 1.42 bits per heavy atom. The normalized spacial score (nSPS) is 14.5. The molecule has 1 heterocycles. The highest BCUT2D eigenvalue weighted by Gasteiger charge is 2.16. The molecule has 0 bridgehead atoms. The first-order chi connectivity index (χ1) is 15.0. The predicted octanol–water partition coefficient (Wildman–Crippen LogP) is 4.56. The molecule has 1 aliphatic rings. The van der Waals surface area contributed by atoms with Crippen LogP contribution in [0.1, 0.15) is 16.7 Å². The average Bonchev–Trinajstić information content (AvgIpc) is 2.80. The molecule has 0 amide bonds. The second kappa shape index (κ2) is 10.8. The summed E-state index contributed by atoms with van der Waals surface area (Å²) in [5.74, 6) is 0. The van der Waals surface area contributed by atoms with Crippen LogP contribution in [0.3, 0.4) is 0 Å². The summed E-state index contributed by atoms with van der Waals surface area (Å²) in [6.45, 7) is 12.4. The van der Waals surface area contributed by atoms with Crippen molar-refractivity contribution in [1.82, 2.24) is 4.90 Å². The molecule has 5 nitrogen and oxygen atoms in total. The van der Waals surface area contributed by atoms with E-state index in [1.54, 1.807) is 0 Å². The molecule has 31 heavy (non-hydrogen) atoms. The van der Waals surface area contributed by atoms with Gasteiger partial charge in [0.05, 0.1) is 0 Å². The lowest BCUT2D eigenvalue weighted by molar-refractivity contribution is 0.284. The van der Waals surface area contributed by atoms with Crippen molar-refractivity contribution in [2.75, 3.05) is 37.6 Å². The highest BCUT2D eigenvalue weighted by molar-refractivity contribution is 8.27. The summed E-state index contributed by atoms with van der Waals surface area (Å²) in [7, 11) is 0. The SMILES string of the molecule is C=C/C=C\CN1CCN(c2ccc(C(=N)SC(=N)c3ccc(C(=C)N)cc3)cc2)CC1. The zero-order chi connectivity index (χ0) is 22.2. The van der Waals surface area contributed by atoms with Crippen LogP contribution in [-0.4, -0.2) is 47.7 Å². The van der Waals surface area contributed by atoms with E-state index in [1.807, 2.05) is 48.6 Å². The Hall–Kier alpha value is -3.09. The first-order valence-electron chi connectivity index (χ1n) is 10.2. The number of nitrogens with two attached hydrogens (primary N) is 1. The molecule has 4 N–H and O–H groups in total. The Balaban J connectivity index is 1.54. The molecule has 0 atom stereocenters. The molecule has 0 spiro atoms. The molecular weight excluding hydrogens is 402 g/mol. The van der Waals surface area contributed by atoms with Crippen LogP contribution in [0.5, 0.6) is 0 Å². The van der Waals surface area contributed by atoms with E-state index in [2.05, 4.69) is 41.2 Å². The van der Waals surface area contributed by atoms with E-state index in [1.165, 1.54) is 5.69 Å². The van der Waals surface area contributed by atoms with Crippen LogP contribution in [0, 0.1) is 10.8 Å². The number of allylic oxidation sites excluding steroid dienone is 2. The fraction of sp³-hybridized carbons (Fsp3) is 0.200. The molecule has 6 heteroatoms. The fourth-order valence-electron chi connectivity index (χ4n) is 3.37. The molecule has 1 aliphatic heterocycles. The lowest BCUT2D eigenvalue weighted by Gasteiger charge is -2.35. The second-order valence-electron chi connectivity index (χ2n) is 7.36. The molecule has 160 valence electrons. The van der Waals surface area contributed by atoms with Gasteiger partial charge in [-0.25, -0.2) is 0 Å². The van der Waals surface area contributed by atoms with Gasteiger partial charge in [-0.15, -0.1) is 0 Å². The number of hydrogen-bond acceptors (Lipinski definition) is 6. The summed E-state index contributed by atoms with van der Waals surface area (Å²) in [6, 6.07) is 15.5. The molecule has 0 radical (unpaired) electrons. The Bertz CT molecular complexity index is 968. The van der Waals surface area contributed by atoms with Gasteiger partial charge in [0.1, 0.15) is 10.1 Å². The van der Waals surface area contributed by atoms with Crippen molar-refractivity contribution in [3.63, 3.8) is 0 Å². The largest absolute Gasteiger partial charge is 0.399 e. The third-order valence-electron chi connectivity index (χ3n) is 5.22. The number of thioether (sulfide) groups is 1. The third-order valence-corrected chi connectivity index (χ3v) is 6.10. The minimum atomic E-state index is 0.338. The van der Waals surface area contributed by atoms with Gasteiger partial charge in [-0.3, -0.25) is 15.7 Å². The maximum atomic E-state index is 8.40. The summed E-state index contributed by atoms with van der Waals surface area (Å²) in [5, 5.41) is 17.4. The highest BCUT2D eigenvalue weighted by atomic mass is 32.2. The Labute approximate surface area is 189 Å². The standard InChI is InChI=1S/C25H29N5S/c1-3-4-5-14-29-15-17-30(18-16-29)23-12-10-22(11-13-23)25(28)31-24(27)21-8-6-20(7-9-21)19(2)26/h3-13,27-28H,1-2,14-18,26H2/b5-4-,27-24?,28-25?. The van der Waals surface area contributed by atoms with Crippen molar-refractivity contribution in [1.29, 1.82) is 10.8 Å². The molecule has 0 aromatic heterocycles. The van der Waals surface area contributed by atoms with Gasteiger partial charge < -0.3 is 10.6 Å². The monoisotopic (exact) mass is 431 g/mol. The number of hydrogen-bond donors (Lipinski definition) is 3. The molecule has 0 saturated carbocycles. The van der Waals surface area contributed by atoms with Crippen LogP contribution in [0.25, 0.3) is 5.70 Å². The number of nitrogens with zero attached hydrogens (tertiary/aromatic N) is 2. The minimum Gasteiger partial charge on any atom is -0.399 e. The number of anilines is 1. The molecule has 1 fully saturated rings. The summed E-state index contributed by atoms with van der Waals surface area (Å²) in [4.78, 5) is 4.81. The summed E-state index contributed by atoms with van der Waals surface area (Å²) in [6.07, 6.45) is 5.94. The molecule has 0 unspecified atom stereocenters. The lowest BCUT2D eigenvalue weighted by atomic mass is 10.1. The van der Waals surface area contributed by atoms with E-state index in [4.69, 9.17) is 16.6 Å². The maximum absolute atomic E-state index is 8.40. The van der Waals surface area contributed by atoms with Crippen molar-refractivity contribution in [3.8, 4) is 0 Å². The Kier molecular flexibility index (Phi) is 7.87. The van der Waals surface area contributed by atoms with Gasteiger partial charge >= 0.3 is 0 Å². The van der Waals surface area contributed by atoms with E-state index in [0.717, 1.165) is 61.2 Å². The van der Waals surface area contributed by atoms with Crippen LogP contribution in [0.15, 0.2) is 79.9 Å². The Morgan fingerprint density at radius 1 is 0.903 bits per heavy atom. The quantitative estimate of drug-likeness (QED) is 0.341. The van der Waals surface area contributed by atoms with E-state index < -0.39 is 0 Å². The van der Waals surface area contributed by atoms with Crippen molar-refractivity contribution < 1.29 is 0 Å². The van der Waals surface area contributed by atoms with E-state index in [0.29, 0.717) is 15.8 Å². The molecule has 2 aromatic carbocycles. The highest BCUT2D eigenvalue weighted by Crippen LogP contribution is 2.22. The smallest absolute Gasteiger partial charge is 0.100 e. The van der Waals surface area contributed by atoms with Crippen molar-refractivity contribution in [3.05, 3.63) is 96.6 Å². The summed E-state index contributed by atoms with van der Waals surface area (Å²) >= 11 is 1.15. The molecule has 0 aliphatic carbocycles. The first-order valence-corrected chi connectivity index (χ1v) is 11.0. The average molecular weight is 432 g/mol. The number of rotatable bonds is 7. The van der Waals surface area contributed by atoms with Gasteiger partial charge in [0.15, 0.2) is 0 Å². The predicted molar refractivity (Wildman–Crippen MR) is 135 cm³/mol. The maximum Gasteiger partial charge on any atom is 0.100 e. The van der Waals surface area contributed by atoms with Gasteiger partial charge in [-0.05, 0) is 17.7 Å². The van der Waals surface area contributed by atoms with Crippen molar-refractivity contribution in [2.45, 2.75) is 0 Å². The van der Waals surface area contributed by atoms with E-state index in [9.17, 15) is 0 Å². The summed E-state index contributed by atoms with van der Waals surface area (Å²) < 4.78 is 0. The van der Waals surface area contributed by atoms with Crippen LogP contribution in [0.4, 0.5) is 5.69 Å². The van der Waals surface area contributed by atoms with Gasteiger partial charge in [0, 0.05) is 55.2 Å². The number of piperazine rings is 1. The van der Waals surface area contributed by atoms with Crippen LogP contribution in [-0.2, 0) is 0 Å². The van der Waals surface area contributed by atoms with Crippen LogP contribution >= 0.6 is 11.8 Å². The molecule has 1 saturated heterocycles. The topological polar surface area (TPSA) is 80.2 Å². The van der Waals surface area contributed by atoms with Crippen LogP contribution < -0.4 is 10.6 Å². The van der Waals surface area contributed by atoms with Crippen LogP contribution in [0.2, 0.25) is 0 Å². The van der Waals surface area contributed by atoms with Crippen molar-refractivity contribution >= 4 is 33.2 Å². The van der Waals surface area contributed by atoms with Gasteiger partial charge in [0.2, 0.25) is 0 Å². The third kappa shape index (κ3) is 6.20. The lowest BCUT2D eigenvalue weighted by Crippen LogP contribution is -2.46. The molecule has 3 rings (SSSR count). The second-order valence-corrected chi connectivity index (χ2v) is 8.38.